The van der Waals surface area contributed by atoms with Gasteiger partial charge in [-0.1, -0.05) is 6.92 Å². The quantitative estimate of drug-likeness (QED) is 0.814. The Morgan fingerprint density at radius 1 is 1.56 bits per heavy atom. The zero-order valence-corrected chi connectivity index (χ0v) is 10.8. The Morgan fingerprint density at radius 3 is 2.94 bits per heavy atom. The summed E-state index contributed by atoms with van der Waals surface area (Å²) in [6.07, 6.45) is 3.58. The zero-order chi connectivity index (χ0) is 13.1. The van der Waals surface area contributed by atoms with Crippen molar-refractivity contribution in [3.63, 3.8) is 0 Å². The minimum atomic E-state index is -0.286. The van der Waals surface area contributed by atoms with Crippen molar-refractivity contribution >= 4 is 12.0 Å². The zero-order valence-electron chi connectivity index (χ0n) is 10.8. The predicted molar refractivity (Wildman–Crippen MR) is 68.8 cm³/mol. The third kappa shape index (κ3) is 3.01. The molecule has 2 atom stereocenters. The molecule has 2 rings (SSSR count). The molecule has 1 aliphatic heterocycles. The third-order valence-electron chi connectivity index (χ3n) is 3.32. The molecule has 0 aromatic carbocycles. The summed E-state index contributed by atoms with van der Waals surface area (Å²) < 4.78 is 5.36. The maximum atomic E-state index is 11.9. The largest absolute Gasteiger partial charge is 0.462 e. The number of hydrogen-bond donors (Lipinski definition) is 1. The number of piperidine rings is 1. The molecule has 2 unspecified atom stereocenters. The molecular weight excluding hydrogens is 230 g/mol. The number of furan rings is 1. The predicted octanol–water partition coefficient (Wildman–Crippen LogP) is 1.83. The second-order valence-electron chi connectivity index (χ2n) is 4.90. The summed E-state index contributed by atoms with van der Waals surface area (Å²) in [5.74, 6) is 1.63. The van der Waals surface area contributed by atoms with Gasteiger partial charge in [-0.15, -0.1) is 0 Å². The van der Waals surface area contributed by atoms with Crippen molar-refractivity contribution in [3.8, 4) is 0 Å². The maximum Gasteiger partial charge on any atom is 0.246 e. The highest BCUT2D eigenvalue weighted by Gasteiger charge is 2.25. The molecule has 1 fully saturated rings. The monoisotopic (exact) mass is 249 g/mol. The summed E-state index contributed by atoms with van der Waals surface area (Å²) in [6, 6.07) is 3.70. The van der Waals surface area contributed by atoms with E-state index in [1.807, 2.05) is 26.0 Å². The van der Waals surface area contributed by atoms with Crippen LogP contribution in [0, 0.1) is 12.8 Å². The minimum absolute atomic E-state index is 0.0252. The van der Waals surface area contributed by atoms with Crippen LogP contribution in [-0.4, -0.2) is 35.1 Å². The highest BCUT2D eigenvalue weighted by Crippen LogP contribution is 2.17. The summed E-state index contributed by atoms with van der Waals surface area (Å²) in [5.41, 5.74) is 0. The van der Waals surface area contributed by atoms with E-state index >= 15 is 0 Å². The Bertz CT molecular complexity index is 450. The van der Waals surface area contributed by atoms with Crippen LogP contribution < -0.4 is 0 Å². The molecule has 0 bridgehead atoms. The molecule has 1 N–H and O–H groups in total. The van der Waals surface area contributed by atoms with Crippen LogP contribution in [0.5, 0.6) is 0 Å². The number of aliphatic hydroxyl groups excluding tert-OH is 1. The van der Waals surface area contributed by atoms with Crippen LogP contribution >= 0.6 is 0 Å². The molecule has 0 radical (unpaired) electrons. The molecular formula is C14H19NO3. The molecule has 1 amide bonds. The molecule has 0 aliphatic carbocycles. The second kappa shape index (κ2) is 5.40. The fourth-order valence-electron chi connectivity index (χ4n) is 2.14. The first-order valence-electron chi connectivity index (χ1n) is 6.28. The summed E-state index contributed by atoms with van der Waals surface area (Å²) in [7, 11) is 0. The molecule has 98 valence electrons. The standard InChI is InChI=1S/C14H19NO3/c1-10-9-15(8-7-13(10)16)14(17)6-5-12-4-3-11(2)18-12/h3-6,10,13,16H,7-9H2,1-2H3/b6-5+. The van der Waals surface area contributed by atoms with Gasteiger partial charge in [0.2, 0.25) is 5.91 Å². The fourth-order valence-corrected chi connectivity index (χ4v) is 2.14. The topological polar surface area (TPSA) is 53.7 Å². The molecule has 2 heterocycles. The van der Waals surface area contributed by atoms with Crippen molar-refractivity contribution < 1.29 is 14.3 Å². The number of nitrogens with zero attached hydrogens (tertiary/aromatic N) is 1. The number of likely N-dealkylation sites (tertiary alicyclic amines) is 1. The van der Waals surface area contributed by atoms with Gasteiger partial charge in [-0.05, 0) is 37.5 Å². The SMILES string of the molecule is Cc1ccc(/C=C/C(=O)N2CCC(O)C(C)C2)o1. The average molecular weight is 249 g/mol. The highest BCUT2D eigenvalue weighted by molar-refractivity contribution is 5.91. The van der Waals surface area contributed by atoms with Crippen LogP contribution in [0.3, 0.4) is 0 Å². The smallest absolute Gasteiger partial charge is 0.246 e. The minimum Gasteiger partial charge on any atom is -0.462 e. The summed E-state index contributed by atoms with van der Waals surface area (Å²) in [6.45, 7) is 5.06. The molecule has 1 aromatic heterocycles. The lowest BCUT2D eigenvalue weighted by atomic mass is 9.97. The molecule has 1 aromatic rings. The van der Waals surface area contributed by atoms with E-state index in [-0.39, 0.29) is 17.9 Å². The molecule has 0 saturated carbocycles. The molecule has 4 heteroatoms. The Hall–Kier alpha value is -1.55. The Labute approximate surface area is 107 Å². The molecule has 1 aliphatic rings. The van der Waals surface area contributed by atoms with Crippen LogP contribution in [0.4, 0.5) is 0 Å². The Morgan fingerprint density at radius 2 is 2.33 bits per heavy atom. The molecule has 1 saturated heterocycles. The normalized spacial score (nSPS) is 24.7. The van der Waals surface area contributed by atoms with E-state index in [1.165, 1.54) is 6.08 Å². The van der Waals surface area contributed by atoms with Crippen molar-refractivity contribution in [1.29, 1.82) is 0 Å². The van der Waals surface area contributed by atoms with E-state index in [9.17, 15) is 9.90 Å². The lowest BCUT2D eigenvalue weighted by Gasteiger charge is -2.33. The number of amides is 1. The molecule has 18 heavy (non-hydrogen) atoms. The van der Waals surface area contributed by atoms with E-state index in [2.05, 4.69) is 0 Å². The van der Waals surface area contributed by atoms with Crippen LogP contribution in [0.25, 0.3) is 6.08 Å². The first-order valence-corrected chi connectivity index (χ1v) is 6.28. The van der Waals surface area contributed by atoms with Crippen molar-refractivity contribution in [2.24, 2.45) is 5.92 Å². The van der Waals surface area contributed by atoms with Gasteiger partial charge in [-0.3, -0.25) is 4.79 Å². The fraction of sp³-hybridized carbons (Fsp3) is 0.500. The Balaban J connectivity index is 1.94. The van der Waals surface area contributed by atoms with Gasteiger partial charge in [-0.25, -0.2) is 0 Å². The first-order chi connectivity index (χ1) is 8.56. The molecule has 0 spiro atoms. The number of rotatable bonds is 2. The van der Waals surface area contributed by atoms with E-state index in [1.54, 1.807) is 11.0 Å². The number of carbonyl (C=O) groups excluding carboxylic acids is 1. The lowest BCUT2D eigenvalue weighted by molar-refractivity contribution is -0.129. The summed E-state index contributed by atoms with van der Waals surface area (Å²) >= 11 is 0. The third-order valence-corrected chi connectivity index (χ3v) is 3.32. The number of hydrogen-bond acceptors (Lipinski definition) is 3. The van der Waals surface area contributed by atoms with Crippen molar-refractivity contribution in [1.82, 2.24) is 4.90 Å². The highest BCUT2D eigenvalue weighted by atomic mass is 16.3. The summed E-state index contributed by atoms with van der Waals surface area (Å²) in [5, 5.41) is 9.62. The van der Waals surface area contributed by atoms with E-state index in [0.29, 0.717) is 25.3 Å². The number of aliphatic hydroxyl groups is 1. The van der Waals surface area contributed by atoms with Gasteiger partial charge < -0.3 is 14.4 Å². The van der Waals surface area contributed by atoms with Gasteiger partial charge in [0.15, 0.2) is 0 Å². The van der Waals surface area contributed by atoms with Gasteiger partial charge >= 0.3 is 0 Å². The van der Waals surface area contributed by atoms with Gasteiger partial charge in [-0.2, -0.15) is 0 Å². The van der Waals surface area contributed by atoms with Crippen LogP contribution in [0.1, 0.15) is 24.9 Å². The second-order valence-corrected chi connectivity index (χ2v) is 4.90. The van der Waals surface area contributed by atoms with Gasteiger partial charge in [0, 0.05) is 19.2 Å². The Kier molecular flexibility index (Phi) is 3.87. The van der Waals surface area contributed by atoms with Gasteiger partial charge in [0.25, 0.3) is 0 Å². The van der Waals surface area contributed by atoms with Crippen molar-refractivity contribution in [2.75, 3.05) is 13.1 Å². The van der Waals surface area contributed by atoms with E-state index in [4.69, 9.17) is 4.42 Å². The molecule has 4 nitrogen and oxygen atoms in total. The van der Waals surface area contributed by atoms with Crippen LogP contribution in [-0.2, 0) is 4.79 Å². The maximum absolute atomic E-state index is 11.9. The number of aryl methyl sites for hydroxylation is 1. The van der Waals surface area contributed by atoms with Crippen LogP contribution in [0.15, 0.2) is 22.6 Å². The van der Waals surface area contributed by atoms with Crippen LogP contribution in [0.2, 0.25) is 0 Å². The van der Waals surface area contributed by atoms with Gasteiger partial charge in [0.1, 0.15) is 11.5 Å². The average Bonchev–Trinajstić information content (AvgIpc) is 2.75. The van der Waals surface area contributed by atoms with Crippen molar-refractivity contribution in [3.05, 3.63) is 29.7 Å². The van der Waals surface area contributed by atoms with E-state index < -0.39 is 0 Å². The van der Waals surface area contributed by atoms with E-state index in [0.717, 1.165) is 5.76 Å². The van der Waals surface area contributed by atoms with Gasteiger partial charge in [0.05, 0.1) is 6.10 Å². The lowest BCUT2D eigenvalue weighted by Crippen LogP contribution is -2.44. The summed E-state index contributed by atoms with van der Waals surface area (Å²) in [4.78, 5) is 13.7. The first kappa shape index (κ1) is 12.9. The number of carbonyl (C=O) groups is 1. The van der Waals surface area contributed by atoms with Crippen molar-refractivity contribution in [2.45, 2.75) is 26.4 Å².